The highest BCUT2D eigenvalue weighted by Crippen LogP contribution is 2.39. The summed E-state index contributed by atoms with van der Waals surface area (Å²) in [4.78, 5) is 26.1. The van der Waals surface area contributed by atoms with Crippen LogP contribution in [0.25, 0.3) is 0 Å². The van der Waals surface area contributed by atoms with Crippen molar-refractivity contribution in [2.45, 2.75) is 52.4 Å². The van der Waals surface area contributed by atoms with Gasteiger partial charge in [0.15, 0.2) is 0 Å². The number of piperidine rings is 1. The van der Waals surface area contributed by atoms with Crippen LogP contribution in [0, 0.1) is 37.5 Å². The van der Waals surface area contributed by atoms with Crippen molar-refractivity contribution in [1.82, 2.24) is 4.31 Å². The number of aryl methyl sites for hydroxylation is 2. The lowest BCUT2D eigenvalue weighted by Crippen LogP contribution is -2.44. The highest BCUT2D eigenvalue weighted by atomic mass is 32.2. The van der Waals surface area contributed by atoms with Crippen molar-refractivity contribution in [3.8, 4) is 11.8 Å². The fraction of sp³-hybridized carbons (Fsp3) is 0.565. The van der Waals surface area contributed by atoms with Crippen LogP contribution in [0.5, 0.6) is 0 Å². The fourth-order valence-corrected chi connectivity index (χ4v) is 5.89. The molecule has 156 valence electrons. The van der Waals surface area contributed by atoms with Crippen molar-refractivity contribution >= 4 is 21.6 Å². The summed E-state index contributed by atoms with van der Waals surface area (Å²) in [7, 11) is -3.25. The number of Topliss-reactive ketones (excluding diaryl/α,β-unsaturated/α-hetero) is 2. The SMILES string of the molecule is CC#Cc1cc(C)c(C2C(=O)CC(C3CCCN(S(C)(=O)=O)C3)CC2=O)c(C)c1. The predicted molar refractivity (Wildman–Crippen MR) is 113 cm³/mol. The van der Waals surface area contributed by atoms with Crippen LogP contribution < -0.4 is 0 Å². The number of ketones is 2. The van der Waals surface area contributed by atoms with Crippen molar-refractivity contribution in [2.24, 2.45) is 11.8 Å². The molecular formula is C23H29NO4S. The topological polar surface area (TPSA) is 71.5 Å². The zero-order valence-corrected chi connectivity index (χ0v) is 18.4. The minimum atomic E-state index is -3.25. The molecule has 0 radical (unpaired) electrons. The first-order valence-electron chi connectivity index (χ1n) is 10.2. The number of hydrogen-bond donors (Lipinski definition) is 0. The molecule has 3 rings (SSSR count). The first-order valence-corrected chi connectivity index (χ1v) is 12.0. The first kappa shape index (κ1) is 21.7. The Morgan fingerprint density at radius 3 is 2.14 bits per heavy atom. The summed E-state index contributed by atoms with van der Waals surface area (Å²) in [6.45, 7) is 6.58. The van der Waals surface area contributed by atoms with Gasteiger partial charge in [0.25, 0.3) is 0 Å². The molecular weight excluding hydrogens is 386 g/mol. The van der Waals surface area contributed by atoms with Crippen LogP contribution >= 0.6 is 0 Å². The van der Waals surface area contributed by atoms with Gasteiger partial charge in [0.05, 0.1) is 6.26 Å². The second kappa shape index (κ2) is 8.41. The number of nitrogens with zero attached hydrogens (tertiary/aromatic N) is 1. The minimum Gasteiger partial charge on any atom is -0.299 e. The largest absolute Gasteiger partial charge is 0.299 e. The fourth-order valence-electron chi connectivity index (χ4n) is 4.97. The molecule has 1 aliphatic carbocycles. The van der Waals surface area contributed by atoms with Gasteiger partial charge in [-0.05, 0) is 74.3 Å². The average molecular weight is 416 g/mol. The monoisotopic (exact) mass is 415 g/mol. The number of benzene rings is 1. The Morgan fingerprint density at radius 2 is 1.62 bits per heavy atom. The van der Waals surface area contributed by atoms with Gasteiger partial charge >= 0.3 is 0 Å². The van der Waals surface area contributed by atoms with E-state index in [4.69, 9.17) is 0 Å². The molecule has 1 unspecified atom stereocenters. The molecule has 2 aliphatic rings. The van der Waals surface area contributed by atoms with E-state index in [1.54, 1.807) is 6.92 Å². The molecule has 5 nitrogen and oxygen atoms in total. The van der Waals surface area contributed by atoms with Crippen LogP contribution in [-0.4, -0.2) is 43.6 Å². The molecule has 29 heavy (non-hydrogen) atoms. The summed E-state index contributed by atoms with van der Waals surface area (Å²) in [6, 6.07) is 3.88. The molecule has 0 N–H and O–H groups in total. The lowest BCUT2D eigenvalue weighted by atomic mass is 9.69. The molecule has 0 aromatic heterocycles. The van der Waals surface area contributed by atoms with E-state index in [-0.39, 0.29) is 23.4 Å². The summed E-state index contributed by atoms with van der Waals surface area (Å²) >= 11 is 0. The zero-order chi connectivity index (χ0) is 21.3. The number of carbonyl (C=O) groups is 2. The maximum absolute atomic E-state index is 13.1. The first-order chi connectivity index (χ1) is 13.6. The molecule has 2 fully saturated rings. The number of rotatable bonds is 3. The summed E-state index contributed by atoms with van der Waals surface area (Å²) in [5.74, 6) is 5.13. The van der Waals surface area contributed by atoms with Gasteiger partial charge in [-0.3, -0.25) is 9.59 Å². The third-order valence-corrected chi connectivity index (χ3v) is 7.55. The molecule has 1 saturated carbocycles. The number of carbonyl (C=O) groups excluding carboxylic acids is 2. The van der Waals surface area contributed by atoms with Gasteiger partial charge < -0.3 is 0 Å². The maximum Gasteiger partial charge on any atom is 0.211 e. The molecule has 1 heterocycles. The Morgan fingerprint density at radius 1 is 1.03 bits per heavy atom. The molecule has 0 amide bonds. The lowest BCUT2D eigenvalue weighted by Gasteiger charge is -2.38. The van der Waals surface area contributed by atoms with Gasteiger partial charge in [0.1, 0.15) is 17.5 Å². The van der Waals surface area contributed by atoms with Gasteiger partial charge in [0.2, 0.25) is 10.0 Å². The normalized spacial score (nSPS) is 26.1. The van der Waals surface area contributed by atoms with Crippen LogP contribution in [-0.2, 0) is 19.6 Å². The van der Waals surface area contributed by atoms with Crippen molar-refractivity contribution in [3.63, 3.8) is 0 Å². The highest BCUT2D eigenvalue weighted by molar-refractivity contribution is 7.88. The predicted octanol–water partition coefficient (Wildman–Crippen LogP) is 2.98. The lowest BCUT2D eigenvalue weighted by molar-refractivity contribution is -0.134. The van der Waals surface area contributed by atoms with Gasteiger partial charge in [-0.2, -0.15) is 0 Å². The quantitative estimate of drug-likeness (QED) is 0.562. The third kappa shape index (κ3) is 4.62. The highest BCUT2D eigenvalue weighted by Gasteiger charge is 2.42. The third-order valence-electron chi connectivity index (χ3n) is 6.28. The Balaban J connectivity index is 1.82. The molecule has 1 aromatic carbocycles. The zero-order valence-electron chi connectivity index (χ0n) is 17.6. The Labute approximate surface area is 173 Å². The van der Waals surface area contributed by atoms with E-state index in [2.05, 4.69) is 11.8 Å². The molecule has 1 aliphatic heterocycles. The van der Waals surface area contributed by atoms with E-state index in [0.29, 0.717) is 25.9 Å². The van der Waals surface area contributed by atoms with Crippen LogP contribution in [0.4, 0.5) is 0 Å². The van der Waals surface area contributed by atoms with Crippen molar-refractivity contribution in [1.29, 1.82) is 0 Å². The van der Waals surface area contributed by atoms with Crippen LogP contribution in [0.2, 0.25) is 0 Å². The summed E-state index contributed by atoms with van der Waals surface area (Å²) in [5.41, 5.74) is 3.56. The summed E-state index contributed by atoms with van der Waals surface area (Å²) in [5, 5.41) is 0. The molecule has 0 spiro atoms. The van der Waals surface area contributed by atoms with E-state index in [1.165, 1.54) is 10.6 Å². The second-order valence-electron chi connectivity index (χ2n) is 8.46. The van der Waals surface area contributed by atoms with Crippen LogP contribution in [0.3, 0.4) is 0 Å². The second-order valence-corrected chi connectivity index (χ2v) is 10.4. The Kier molecular flexibility index (Phi) is 6.30. The number of sulfonamides is 1. The van der Waals surface area contributed by atoms with E-state index in [1.807, 2.05) is 26.0 Å². The van der Waals surface area contributed by atoms with E-state index in [0.717, 1.165) is 35.1 Å². The van der Waals surface area contributed by atoms with Crippen LogP contribution in [0.15, 0.2) is 12.1 Å². The summed E-state index contributed by atoms with van der Waals surface area (Å²) in [6.07, 6.45) is 3.55. The summed E-state index contributed by atoms with van der Waals surface area (Å²) < 4.78 is 25.3. The van der Waals surface area contributed by atoms with E-state index in [9.17, 15) is 18.0 Å². The molecule has 1 aromatic rings. The molecule has 0 bridgehead atoms. The Bertz CT molecular complexity index is 958. The van der Waals surface area contributed by atoms with Gasteiger partial charge in [-0.15, -0.1) is 5.92 Å². The standard InChI is InChI=1S/C23H29NO4S/c1-5-7-17-10-15(2)22(16(3)11-17)23-20(25)12-19(13-21(23)26)18-8-6-9-24(14-18)29(4,27)28/h10-11,18-19,23H,6,8-9,12-14H2,1-4H3. The van der Waals surface area contributed by atoms with E-state index >= 15 is 0 Å². The van der Waals surface area contributed by atoms with Crippen molar-refractivity contribution < 1.29 is 18.0 Å². The average Bonchev–Trinajstić information content (AvgIpc) is 2.63. The van der Waals surface area contributed by atoms with Crippen LogP contribution in [0.1, 0.15) is 60.8 Å². The van der Waals surface area contributed by atoms with Gasteiger partial charge in [0, 0.05) is 31.5 Å². The Hall–Kier alpha value is -1.97. The van der Waals surface area contributed by atoms with Crippen molar-refractivity contribution in [2.75, 3.05) is 19.3 Å². The molecule has 1 saturated heterocycles. The van der Waals surface area contributed by atoms with Gasteiger partial charge in [-0.1, -0.05) is 5.92 Å². The maximum atomic E-state index is 13.1. The minimum absolute atomic E-state index is 0.0387. The molecule has 1 atom stereocenters. The van der Waals surface area contributed by atoms with Gasteiger partial charge in [-0.25, -0.2) is 12.7 Å². The van der Waals surface area contributed by atoms with Crippen molar-refractivity contribution in [3.05, 3.63) is 34.4 Å². The number of hydrogen-bond acceptors (Lipinski definition) is 4. The van der Waals surface area contributed by atoms with E-state index < -0.39 is 15.9 Å². The smallest absolute Gasteiger partial charge is 0.211 e. The molecule has 6 heteroatoms.